The standard InChI is InChI=1S/C14H10F3NO3/c1-20-13(19)9-2-7-12(18-8-9)21-11-5-3-10(4-6-11)14(15,16)17/h2-8H,1H3. The first kappa shape index (κ1) is 14.8. The van der Waals surface area contributed by atoms with Crippen molar-refractivity contribution in [2.75, 3.05) is 7.11 Å². The predicted molar refractivity (Wildman–Crippen MR) is 67.1 cm³/mol. The number of halogens is 3. The molecule has 0 spiro atoms. The van der Waals surface area contributed by atoms with Gasteiger partial charge in [-0.05, 0) is 30.3 Å². The first-order valence-electron chi connectivity index (χ1n) is 5.79. The van der Waals surface area contributed by atoms with Gasteiger partial charge in [0.05, 0.1) is 18.2 Å². The number of alkyl halides is 3. The largest absolute Gasteiger partial charge is 0.465 e. The molecular weight excluding hydrogens is 287 g/mol. The monoisotopic (exact) mass is 297 g/mol. The molecule has 0 unspecified atom stereocenters. The number of ether oxygens (including phenoxy) is 2. The minimum Gasteiger partial charge on any atom is -0.465 e. The van der Waals surface area contributed by atoms with Crippen LogP contribution in [0.5, 0.6) is 11.6 Å². The van der Waals surface area contributed by atoms with Crippen molar-refractivity contribution in [1.82, 2.24) is 4.98 Å². The second kappa shape index (κ2) is 5.82. The van der Waals surface area contributed by atoms with Crippen LogP contribution in [0.25, 0.3) is 0 Å². The van der Waals surface area contributed by atoms with Crippen LogP contribution in [0.4, 0.5) is 13.2 Å². The Morgan fingerprint density at radius 2 is 1.76 bits per heavy atom. The molecule has 4 nitrogen and oxygen atoms in total. The number of pyridine rings is 1. The van der Waals surface area contributed by atoms with Crippen molar-refractivity contribution in [2.24, 2.45) is 0 Å². The number of hydrogen-bond acceptors (Lipinski definition) is 4. The van der Waals surface area contributed by atoms with E-state index in [4.69, 9.17) is 4.74 Å². The highest BCUT2D eigenvalue weighted by atomic mass is 19.4. The van der Waals surface area contributed by atoms with Crippen LogP contribution in [0.15, 0.2) is 42.6 Å². The zero-order valence-corrected chi connectivity index (χ0v) is 10.8. The van der Waals surface area contributed by atoms with Crippen LogP contribution in [-0.4, -0.2) is 18.1 Å². The van der Waals surface area contributed by atoms with Gasteiger partial charge in [-0.15, -0.1) is 0 Å². The van der Waals surface area contributed by atoms with Crippen molar-refractivity contribution in [2.45, 2.75) is 6.18 Å². The van der Waals surface area contributed by atoms with E-state index in [2.05, 4.69) is 9.72 Å². The molecule has 0 aliphatic heterocycles. The van der Waals surface area contributed by atoms with Gasteiger partial charge in [0.1, 0.15) is 5.75 Å². The average Bonchev–Trinajstić information content (AvgIpc) is 2.47. The Kier molecular flexibility index (Phi) is 4.11. The Morgan fingerprint density at radius 1 is 1.10 bits per heavy atom. The van der Waals surface area contributed by atoms with Gasteiger partial charge in [0.15, 0.2) is 0 Å². The fraction of sp³-hybridized carbons (Fsp3) is 0.143. The molecule has 1 aromatic carbocycles. The van der Waals surface area contributed by atoms with Crippen LogP contribution >= 0.6 is 0 Å². The van der Waals surface area contributed by atoms with Crippen molar-refractivity contribution in [3.05, 3.63) is 53.7 Å². The normalized spacial score (nSPS) is 11.0. The maximum atomic E-state index is 12.4. The van der Waals surface area contributed by atoms with Crippen molar-refractivity contribution in [1.29, 1.82) is 0 Å². The first-order chi connectivity index (χ1) is 9.90. The van der Waals surface area contributed by atoms with Gasteiger partial charge in [0.2, 0.25) is 5.88 Å². The molecule has 0 fully saturated rings. The highest BCUT2D eigenvalue weighted by molar-refractivity contribution is 5.88. The van der Waals surface area contributed by atoms with E-state index >= 15 is 0 Å². The summed E-state index contributed by atoms with van der Waals surface area (Å²) in [6.07, 6.45) is -3.13. The van der Waals surface area contributed by atoms with Crippen molar-refractivity contribution in [3.63, 3.8) is 0 Å². The number of methoxy groups -OCH3 is 1. The SMILES string of the molecule is COC(=O)c1ccc(Oc2ccc(C(F)(F)F)cc2)nc1. The third-order valence-corrected chi connectivity index (χ3v) is 2.56. The highest BCUT2D eigenvalue weighted by Crippen LogP contribution is 2.31. The van der Waals surface area contributed by atoms with Crippen molar-refractivity contribution in [3.8, 4) is 11.6 Å². The third-order valence-electron chi connectivity index (χ3n) is 2.56. The zero-order valence-electron chi connectivity index (χ0n) is 10.8. The van der Waals surface area contributed by atoms with Gasteiger partial charge < -0.3 is 9.47 Å². The third kappa shape index (κ3) is 3.71. The molecule has 0 atom stereocenters. The van der Waals surface area contributed by atoms with Crippen LogP contribution in [0, 0.1) is 0 Å². The summed E-state index contributed by atoms with van der Waals surface area (Å²) in [5.74, 6) is -0.174. The second-order valence-corrected chi connectivity index (χ2v) is 4.00. The van der Waals surface area contributed by atoms with E-state index < -0.39 is 17.7 Å². The summed E-state index contributed by atoms with van der Waals surface area (Å²) in [7, 11) is 1.24. The van der Waals surface area contributed by atoms with Gasteiger partial charge in [-0.2, -0.15) is 13.2 Å². The van der Waals surface area contributed by atoms with Gasteiger partial charge >= 0.3 is 12.1 Å². The molecule has 0 bridgehead atoms. The molecule has 1 aromatic heterocycles. The molecule has 7 heteroatoms. The quantitative estimate of drug-likeness (QED) is 0.811. The number of esters is 1. The molecule has 1 heterocycles. The summed E-state index contributed by atoms with van der Waals surface area (Å²) in [4.78, 5) is 15.1. The lowest BCUT2D eigenvalue weighted by molar-refractivity contribution is -0.137. The van der Waals surface area contributed by atoms with Crippen LogP contribution in [-0.2, 0) is 10.9 Å². The molecule has 0 saturated carbocycles. The van der Waals surface area contributed by atoms with E-state index in [-0.39, 0.29) is 17.2 Å². The summed E-state index contributed by atoms with van der Waals surface area (Å²) < 4.78 is 47.0. The summed E-state index contributed by atoms with van der Waals surface area (Å²) in [6, 6.07) is 7.08. The maximum absolute atomic E-state index is 12.4. The lowest BCUT2D eigenvalue weighted by atomic mass is 10.2. The predicted octanol–water partition coefficient (Wildman–Crippen LogP) is 3.68. The van der Waals surface area contributed by atoms with E-state index in [1.807, 2.05) is 0 Å². The molecule has 0 radical (unpaired) electrons. The molecule has 0 amide bonds. The first-order valence-corrected chi connectivity index (χ1v) is 5.79. The Hall–Kier alpha value is -2.57. The Bertz CT molecular complexity index is 621. The van der Waals surface area contributed by atoms with E-state index in [1.54, 1.807) is 0 Å². The van der Waals surface area contributed by atoms with Gasteiger partial charge in [-0.3, -0.25) is 0 Å². The van der Waals surface area contributed by atoms with E-state index in [0.29, 0.717) is 0 Å². The number of rotatable bonds is 3. The zero-order chi connectivity index (χ0) is 15.5. The Balaban J connectivity index is 2.10. The van der Waals surface area contributed by atoms with Gasteiger partial charge in [0.25, 0.3) is 0 Å². The topological polar surface area (TPSA) is 48.4 Å². The maximum Gasteiger partial charge on any atom is 0.416 e. The summed E-state index contributed by atoms with van der Waals surface area (Å²) >= 11 is 0. The Morgan fingerprint density at radius 3 is 2.24 bits per heavy atom. The number of aromatic nitrogens is 1. The number of carbonyl (C=O) groups is 1. The van der Waals surface area contributed by atoms with Gasteiger partial charge in [0, 0.05) is 12.3 Å². The van der Waals surface area contributed by atoms with E-state index in [9.17, 15) is 18.0 Å². The fourth-order valence-corrected chi connectivity index (χ4v) is 1.51. The average molecular weight is 297 g/mol. The molecule has 0 aliphatic carbocycles. The van der Waals surface area contributed by atoms with Crippen LogP contribution in [0.1, 0.15) is 15.9 Å². The lowest BCUT2D eigenvalue weighted by Gasteiger charge is -2.08. The van der Waals surface area contributed by atoms with Crippen LogP contribution in [0.3, 0.4) is 0 Å². The second-order valence-electron chi connectivity index (χ2n) is 4.00. The van der Waals surface area contributed by atoms with E-state index in [0.717, 1.165) is 12.1 Å². The number of benzene rings is 1. The van der Waals surface area contributed by atoms with Crippen molar-refractivity contribution >= 4 is 5.97 Å². The molecule has 110 valence electrons. The molecule has 0 N–H and O–H groups in total. The highest BCUT2D eigenvalue weighted by Gasteiger charge is 2.30. The lowest BCUT2D eigenvalue weighted by Crippen LogP contribution is -2.04. The van der Waals surface area contributed by atoms with Crippen LogP contribution < -0.4 is 4.74 Å². The number of nitrogens with zero attached hydrogens (tertiary/aromatic N) is 1. The summed E-state index contributed by atoms with van der Waals surface area (Å²) in [6.45, 7) is 0. The Labute approximate surface area is 118 Å². The number of hydrogen-bond donors (Lipinski definition) is 0. The minimum atomic E-state index is -4.39. The fourth-order valence-electron chi connectivity index (χ4n) is 1.51. The van der Waals surface area contributed by atoms with Gasteiger partial charge in [-0.1, -0.05) is 0 Å². The van der Waals surface area contributed by atoms with E-state index in [1.165, 1.54) is 37.6 Å². The minimum absolute atomic E-state index is 0.155. The number of carbonyl (C=O) groups excluding carboxylic acids is 1. The smallest absolute Gasteiger partial charge is 0.416 e. The molecule has 21 heavy (non-hydrogen) atoms. The molecule has 0 saturated heterocycles. The summed E-state index contributed by atoms with van der Waals surface area (Å²) in [5.41, 5.74) is -0.513. The molecule has 2 aromatic rings. The molecule has 0 aliphatic rings. The van der Waals surface area contributed by atoms with Crippen molar-refractivity contribution < 1.29 is 27.4 Å². The molecular formula is C14H10F3NO3. The summed E-state index contributed by atoms with van der Waals surface area (Å²) in [5, 5.41) is 0. The van der Waals surface area contributed by atoms with Crippen LogP contribution in [0.2, 0.25) is 0 Å². The van der Waals surface area contributed by atoms with Gasteiger partial charge in [-0.25, -0.2) is 9.78 Å². The molecule has 2 rings (SSSR count).